The lowest BCUT2D eigenvalue weighted by Gasteiger charge is -2.47. The van der Waals surface area contributed by atoms with Gasteiger partial charge in [-0.3, -0.25) is 0 Å². The molecule has 1 spiro atoms. The SMILES string of the molecule is N#CC1CC2(CCCCO2)C1. The van der Waals surface area contributed by atoms with Crippen LogP contribution in [-0.4, -0.2) is 12.2 Å². The number of rotatable bonds is 0. The lowest BCUT2D eigenvalue weighted by molar-refractivity contribution is -0.142. The standard InChI is InChI=1S/C9H13NO/c10-7-8-5-9(6-8)3-1-2-4-11-9/h8H,1-6H2. The summed E-state index contributed by atoms with van der Waals surface area (Å²) < 4.78 is 5.68. The Hall–Kier alpha value is -0.550. The number of ether oxygens (including phenoxy) is 1. The van der Waals surface area contributed by atoms with Gasteiger partial charge in [0, 0.05) is 6.61 Å². The Bertz CT molecular complexity index is 180. The van der Waals surface area contributed by atoms with Gasteiger partial charge >= 0.3 is 0 Å². The first-order valence-electron chi connectivity index (χ1n) is 4.38. The van der Waals surface area contributed by atoms with Gasteiger partial charge in [-0.05, 0) is 32.1 Å². The van der Waals surface area contributed by atoms with Crippen LogP contribution in [0.4, 0.5) is 0 Å². The molecule has 2 aliphatic rings. The molecule has 11 heavy (non-hydrogen) atoms. The summed E-state index contributed by atoms with van der Waals surface area (Å²) in [6.07, 6.45) is 5.66. The Kier molecular flexibility index (Phi) is 1.61. The van der Waals surface area contributed by atoms with Crippen LogP contribution in [0.1, 0.15) is 32.1 Å². The lowest BCUT2D eigenvalue weighted by atomic mass is 9.68. The average molecular weight is 151 g/mol. The molecule has 2 rings (SSSR count). The Morgan fingerprint density at radius 3 is 2.73 bits per heavy atom. The quantitative estimate of drug-likeness (QED) is 0.529. The van der Waals surface area contributed by atoms with Crippen molar-refractivity contribution in [3.63, 3.8) is 0 Å². The summed E-state index contributed by atoms with van der Waals surface area (Å²) in [6, 6.07) is 2.29. The molecule has 0 bridgehead atoms. The molecule has 1 aliphatic carbocycles. The maximum Gasteiger partial charge on any atom is 0.0707 e. The van der Waals surface area contributed by atoms with E-state index in [0.29, 0.717) is 0 Å². The molecule has 2 nitrogen and oxygen atoms in total. The monoisotopic (exact) mass is 151 g/mol. The highest BCUT2D eigenvalue weighted by Crippen LogP contribution is 2.45. The van der Waals surface area contributed by atoms with E-state index in [0.717, 1.165) is 19.4 Å². The first kappa shape index (κ1) is 7.12. The maximum absolute atomic E-state index is 8.59. The zero-order valence-corrected chi connectivity index (χ0v) is 6.68. The molecule has 0 N–H and O–H groups in total. The van der Waals surface area contributed by atoms with Gasteiger partial charge in [-0.2, -0.15) is 5.26 Å². The van der Waals surface area contributed by atoms with Crippen LogP contribution >= 0.6 is 0 Å². The van der Waals surface area contributed by atoms with Gasteiger partial charge in [0.25, 0.3) is 0 Å². The van der Waals surface area contributed by atoms with E-state index in [-0.39, 0.29) is 11.5 Å². The predicted molar refractivity (Wildman–Crippen MR) is 40.9 cm³/mol. The van der Waals surface area contributed by atoms with Crippen LogP contribution in [0.5, 0.6) is 0 Å². The summed E-state index contributed by atoms with van der Waals surface area (Å²) in [4.78, 5) is 0. The molecule has 1 aliphatic heterocycles. The van der Waals surface area contributed by atoms with Gasteiger partial charge < -0.3 is 4.74 Å². The van der Waals surface area contributed by atoms with E-state index in [9.17, 15) is 0 Å². The normalized spacial score (nSPS) is 43.0. The first-order valence-corrected chi connectivity index (χ1v) is 4.38. The van der Waals surface area contributed by atoms with E-state index < -0.39 is 0 Å². The van der Waals surface area contributed by atoms with Crippen LogP contribution in [0.25, 0.3) is 0 Å². The van der Waals surface area contributed by atoms with E-state index in [1.807, 2.05) is 0 Å². The van der Waals surface area contributed by atoms with Gasteiger partial charge in [-0.15, -0.1) is 0 Å². The highest BCUT2D eigenvalue weighted by Gasteiger charge is 2.46. The van der Waals surface area contributed by atoms with Gasteiger partial charge in [0.05, 0.1) is 17.6 Å². The Balaban J connectivity index is 1.90. The largest absolute Gasteiger partial charge is 0.375 e. The fourth-order valence-corrected chi connectivity index (χ4v) is 2.16. The third-order valence-corrected chi connectivity index (χ3v) is 2.85. The molecular weight excluding hydrogens is 138 g/mol. The third kappa shape index (κ3) is 1.14. The van der Waals surface area contributed by atoms with Crippen LogP contribution in [0.15, 0.2) is 0 Å². The van der Waals surface area contributed by atoms with Crippen molar-refractivity contribution >= 4 is 0 Å². The van der Waals surface area contributed by atoms with Crippen LogP contribution < -0.4 is 0 Å². The van der Waals surface area contributed by atoms with E-state index in [1.54, 1.807) is 0 Å². The van der Waals surface area contributed by atoms with Gasteiger partial charge in [0.2, 0.25) is 0 Å². The molecule has 2 fully saturated rings. The number of nitrogens with zero attached hydrogens (tertiary/aromatic N) is 1. The van der Waals surface area contributed by atoms with Crippen LogP contribution in [0.2, 0.25) is 0 Å². The molecule has 1 saturated heterocycles. The van der Waals surface area contributed by atoms with Crippen LogP contribution in [-0.2, 0) is 4.74 Å². The second kappa shape index (κ2) is 2.49. The average Bonchev–Trinajstić information content (AvgIpc) is 2.01. The lowest BCUT2D eigenvalue weighted by Crippen LogP contribution is -2.47. The van der Waals surface area contributed by atoms with Crippen molar-refractivity contribution in [3.8, 4) is 6.07 Å². The van der Waals surface area contributed by atoms with Gasteiger partial charge in [0.1, 0.15) is 0 Å². The molecule has 0 radical (unpaired) electrons. The summed E-state index contributed by atoms with van der Waals surface area (Å²) in [5.41, 5.74) is 0.151. The fourth-order valence-electron chi connectivity index (χ4n) is 2.16. The molecule has 1 saturated carbocycles. The first-order chi connectivity index (χ1) is 5.35. The molecule has 0 unspecified atom stereocenters. The van der Waals surface area contributed by atoms with Gasteiger partial charge in [0.15, 0.2) is 0 Å². The topological polar surface area (TPSA) is 33.0 Å². The Morgan fingerprint density at radius 2 is 2.18 bits per heavy atom. The summed E-state index contributed by atoms with van der Waals surface area (Å²) >= 11 is 0. The predicted octanol–water partition coefficient (Wildman–Crippen LogP) is 1.86. The molecule has 2 heteroatoms. The molecule has 1 heterocycles. The highest BCUT2D eigenvalue weighted by molar-refractivity contribution is 5.05. The van der Waals surface area contributed by atoms with Crippen LogP contribution in [0.3, 0.4) is 0 Å². The maximum atomic E-state index is 8.59. The molecule has 0 aromatic carbocycles. The second-order valence-electron chi connectivity index (χ2n) is 3.72. The van der Waals surface area contributed by atoms with E-state index in [2.05, 4.69) is 6.07 Å². The zero-order chi connectivity index (χ0) is 7.73. The summed E-state index contributed by atoms with van der Waals surface area (Å²) in [5, 5.41) is 8.59. The van der Waals surface area contributed by atoms with Crippen LogP contribution in [0, 0.1) is 17.2 Å². The van der Waals surface area contributed by atoms with Crippen molar-refractivity contribution in [2.75, 3.05) is 6.61 Å². The van der Waals surface area contributed by atoms with Crippen molar-refractivity contribution in [2.24, 2.45) is 5.92 Å². The second-order valence-corrected chi connectivity index (χ2v) is 3.72. The Labute approximate surface area is 67.2 Å². The van der Waals surface area contributed by atoms with Gasteiger partial charge in [-0.1, -0.05) is 0 Å². The number of hydrogen-bond donors (Lipinski definition) is 0. The summed E-state index contributed by atoms with van der Waals surface area (Å²) in [5.74, 6) is 0.285. The van der Waals surface area contributed by atoms with Crippen molar-refractivity contribution in [1.82, 2.24) is 0 Å². The van der Waals surface area contributed by atoms with Gasteiger partial charge in [-0.25, -0.2) is 0 Å². The molecule has 0 amide bonds. The fraction of sp³-hybridized carbons (Fsp3) is 0.889. The van der Waals surface area contributed by atoms with Crippen molar-refractivity contribution in [2.45, 2.75) is 37.7 Å². The molecule has 0 aromatic rings. The zero-order valence-electron chi connectivity index (χ0n) is 6.68. The molecule has 0 aromatic heterocycles. The minimum Gasteiger partial charge on any atom is -0.375 e. The Morgan fingerprint density at radius 1 is 1.36 bits per heavy atom. The summed E-state index contributed by atoms with van der Waals surface area (Å²) in [6.45, 7) is 0.915. The number of nitriles is 1. The number of hydrogen-bond acceptors (Lipinski definition) is 2. The smallest absolute Gasteiger partial charge is 0.0707 e. The molecule has 60 valence electrons. The van der Waals surface area contributed by atoms with E-state index in [4.69, 9.17) is 10.00 Å². The van der Waals surface area contributed by atoms with Crippen molar-refractivity contribution < 1.29 is 4.74 Å². The molecule has 0 atom stereocenters. The van der Waals surface area contributed by atoms with E-state index >= 15 is 0 Å². The van der Waals surface area contributed by atoms with Crippen molar-refractivity contribution in [1.29, 1.82) is 5.26 Å². The van der Waals surface area contributed by atoms with E-state index in [1.165, 1.54) is 19.3 Å². The highest BCUT2D eigenvalue weighted by atomic mass is 16.5. The van der Waals surface area contributed by atoms with Crippen molar-refractivity contribution in [3.05, 3.63) is 0 Å². The minimum absolute atomic E-state index is 0.151. The molecular formula is C9H13NO. The summed E-state index contributed by atoms with van der Waals surface area (Å²) in [7, 11) is 0. The minimum atomic E-state index is 0.151. The third-order valence-electron chi connectivity index (χ3n) is 2.85.